The van der Waals surface area contributed by atoms with E-state index in [0.29, 0.717) is 5.69 Å². The molecule has 0 unspecified atom stereocenters. The molecule has 94 valence electrons. The molecule has 1 N–H and O–H groups in total. The van der Waals surface area contributed by atoms with Crippen LogP contribution in [0.5, 0.6) is 0 Å². The number of carboxylic acid groups (broad SMARTS) is 1. The van der Waals surface area contributed by atoms with Crippen molar-refractivity contribution < 1.29 is 9.90 Å². The number of aromatic carboxylic acids is 1. The Balaban J connectivity index is 2.43. The summed E-state index contributed by atoms with van der Waals surface area (Å²) in [6, 6.07) is 6.30. The molecule has 0 saturated heterocycles. The number of nitrogens with zero attached hydrogens (tertiary/aromatic N) is 2. The van der Waals surface area contributed by atoms with Gasteiger partial charge in [0, 0.05) is 18.4 Å². The number of carboxylic acids is 1. The van der Waals surface area contributed by atoms with E-state index in [1.807, 2.05) is 13.8 Å². The van der Waals surface area contributed by atoms with Crippen molar-refractivity contribution in [2.75, 3.05) is 0 Å². The van der Waals surface area contributed by atoms with Gasteiger partial charge < -0.3 is 5.11 Å². The Morgan fingerprint density at radius 2 is 1.78 bits per heavy atom. The van der Waals surface area contributed by atoms with Crippen LogP contribution in [0, 0.1) is 0 Å². The number of aromatic nitrogens is 2. The smallest absolute Gasteiger partial charge is 0.335 e. The third-order valence-electron chi connectivity index (χ3n) is 2.75. The molecule has 2 rings (SSSR count). The van der Waals surface area contributed by atoms with Gasteiger partial charge in [-0.3, -0.25) is 9.13 Å². The lowest BCUT2D eigenvalue weighted by atomic mass is 10.2. The molecule has 1 heterocycles. The van der Waals surface area contributed by atoms with Crippen molar-refractivity contribution in [2.45, 2.75) is 19.9 Å². The highest BCUT2D eigenvalue weighted by Gasteiger charge is 2.08. The van der Waals surface area contributed by atoms with Gasteiger partial charge in [0.1, 0.15) is 0 Å². The zero-order chi connectivity index (χ0) is 13.3. The Labute approximate surface area is 104 Å². The predicted molar refractivity (Wildman–Crippen MR) is 67.4 cm³/mol. The summed E-state index contributed by atoms with van der Waals surface area (Å²) >= 11 is 0. The number of rotatable bonds is 3. The minimum atomic E-state index is -0.978. The van der Waals surface area contributed by atoms with Crippen LogP contribution in [0.1, 0.15) is 30.2 Å². The third kappa shape index (κ3) is 2.07. The lowest BCUT2D eigenvalue weighted by molar-refractivity contribution is 0.0697. The van der Waals surface area contributed by atoms with Crippen LogP contribution in [0.4, 0.5) is 0 Å². The molecule has 1 aromatic carbocycles. The molecule has 0 fully saturated rings. The molecule has 5 heteroatoms. The van der Waals surface area contributed by atoms with Crippen LogP contribution in [0.25, 0.3) is 5.69 Å². The lowest BCUT2D eigenvalue weighted by Crippen LogP contribution is -2.24. The second-order valence-electron chi connectivity index (χ2n) is 4.30. The summed E-state index contributed by atoms with van der Waals surface area (Å²) in [6.07, 6.45) is 3.40. The van der Waals surface area contributed by atoms with Crippen LogP contribution in [0.15, 0.2) is 41.5 Å². The Morgan fingerprint density at radius 3 is 2.22 bits per heavy atom. The van der Waals surface area contributed by atoms with Crippen molar-refractivity contribution in [3.63, 3.8) is 0 Å². The summed E-state index contributed by atoms with van der Waals surface area (Å²) in [5, 5.41) is 8.81. The van der Waals surface area contributed by atoms with Gasteiger partial charge in [0.25, 0.3) is 0 Å². The van der Waals surface area contributed by atoms with E-state index in [-0.39, 0.29) is 17.3 Å². The van der Waals surface area contributed by atoms with Gasteiger partial charge in [-0.25, -0.2) is 9.59 Å². The van der Waals surface area contributed by atoms with Crippen LogP contribution in [-0.2, 0) is 0 Å². The molecule has 0 aliphatic rings. The first-order chi connectivity index (χ1) is 8.50. The lowest BCUT2D eigenvalue weighted by Gasteiger charge is -2.05. The Bertz CT molecular complexity index is 620. The molecule has 2 aromatic rings. The first-order valence-corrected chi connectivity index (χ1v) is 5.64. The molecule has 0 radical (unpaired) electrons. The van der Waals surface area contributed by atoms with Crippen molar-refractivity contribution in [3.05, 3.63) is 52.7 Å². The van der Waals surface area contributed by atoms with Crippen molar-refractivity contribution >= 4 is 5.97 Å². The van der Waals surface area contributed by atoms with Gasteiger partial charge >= 0.3 is 11.7 Å². The maximum absolute atomic E-state index is 12.0. The van der Waals surface area contributed by atoms with Crippen LogP contribution in [0.2, 0.25) is 0 Å². The predicted octanol–water partition coefficient (Wildman–Crippen LogP) is 1.92. The molecule has 0 aliphatic heterocycles. The van der Waals surface area contributed by atoms with Gasteiger partial charge in [-0.1, -0.05) is 0 Å². The van der Waals surface area contributed by atoms with E-state index in [1.54, 1.807) is 29.1 Å². The third-order valence-corrected chi connectivity index (χ3v) is 2.75. The van der Waals surface area contributed by atoms with Crippen molar-refractivity contribution in [1.82, 2.24) is 9.13 Å². The number of hydrogen-bond donors (Lipinski definition) is 1. The standard InChI is InChI=1S/C13H14N2O3/c1-9(2)14-7-8-15(13(14)18)11-5-3-10(4-6-11)12(16)17/h3-9H,1-2H3,(H,16,17). The monoisotopic (exact) mass is 246 g/mol. The summed E-state index contributed by atoms with van der Waals surface area (Å²) in [5.41, 5.74) is 0.729. The topological polar surface area (TPSA) is 64.2 Å². The van der Waals surface area contributed by atoms with E-state index in [2.05, 4.69) is 0 Å². The van der Waals surface area contributed by atoms with Crippen molar-refractivity contribution in [3.8, 4) is 5.69 Å². The summed E-state index contributed by atoms with van der Waals surface area (Å²) < 4.78 is 3.11. The van der Waals surface area contributed by atoms with Crippen LogP contribution in [-0.4, -0.2) is 20.2 Å². The summed E-state index contributed by atoms with van der Waals surface area (Å²) in [7, 11) is 0. The molecule has 0 bridgehead atoms. The number of carbonyl (C=O) groups is 1. The maximum Gasteiger partial charge on any atom is 0.335 e. The molecule has 0 atom stereocenters. The molecule has 5 nitrogen and oxygen atoms in total. The van der Waals surface area contributed by atoms with Gasteiger partial charge in [-0.2, -0.15) is 0 Å². The van der Waals surface area contributed by atoms with Crippen molar-refractivity contribution in [1.29, 1.82) is 0 Å². The van der Waals surface area contributed by atoms with Gasteiger partial charge in [0.05, 0.1) is 11.3 Å². The summed E-state index contributed by atoms with van der Waals surface area (Å²) in [4.78, 5) is 22.8. The van der Waals surface area contributed by atoms with Gasteiger partial charge in [0.2, 0.25) is 0 Å². The SMILES string of the molecule is CC(C)n1ccn(-c2ccc(C(=O)O)cc2)c1=O. The molecular formula is C13H14N2O3. The average Bonchev–Trinajstić information content (AvgIpc) is 2.71. The highest BCUT2D eigenvalue weighted by molar-refractivity contribution is 5.87. The van der Waals surface area contributed by atoms with E-state index >= 15 is 0 Å². The Morgan fingerprint density at radius 1 is 1.17 bits per heavy atom. The highest BCUT2D eigenvalue weighted by Crippen LogP contribution is 2.09. The molecule has 1 aromatic heterocycles. The van der Waals surface area contributed by atoms with E-state index in [9.17, 15) is 9.59 Å². The fourth-order valence-electron chi connectivity index (χ4n) is 1.74. The van der Waals surface area contributed by atoms with Gasteiger partial charge in [-0.05, 0) is 38.1 Å². The van der Waals surface area contributed by atoms with Crippen LogP contribution in [0.3, 0.4) is 0 Å². The largest absolute Gasteiger partial charge is 0.478 e. The van der Waals surface area contributed by atoms with Gasteiger partial charge in [0.15, 0.2) is 0 Å². The van der Waals surface area contributed by atoms with Crippen LogP contribution < -0.4 is 5.69 Å². The zero-order valence-corrected chi connectivity index (χ0v) is 10.2. The molecule has 0 aliphatic carbocycles. The van der Waals surface area contributed by atoms with E-state index < -0.39 is 5.97 Å². The normalized spacial score (nSPS) is 10.8. The zero-order valence-electron chi connectivity index (χ0n) is 10.2. The summed E-state index contributed by atoms with van der Waals surface area (Å²) in [5.74, 6) is -0.978. The molecule has 0 amide bonds. The maximum atomic E-state index is 12.0. The van der Waals surface area contributed by atoms with Crippen LogP contribution >= 0.6 is 0 Å². The Hall–Kier alpha value is -2.30. The summed E-state index contributed by atoms with van der Waals surface area (Å²) in [6.45, 7) is 3.86. The number of benzene rings is 1. The quantitative estimate of drug-likeness (QED) is 0.899. The molecule has 0 saturated carbocycles. The Kier molecular flexibility index (Phi) is 3.06. The fraction of sp³-hybridized carbons (Fsp3) is 0.231. The van der Waals surface area contributed by atoms with Gasteiger partial charge in [-0.15, -0.1) is 0 Å². The van der Waals surface area contributed by atoms with E-state index in [0.717, 1.165) is 0 Å². The van der Waals surface area contributed by atoms with E-state index in [1.165, 1.54) is 16.7 Å². The molecule has 18 heavy (non-hydrogen) atoms. The first kappa shape index (κ1) is 12.2. The second kappa shape index (κ2) is 4.52. The minimum absolute atomic E-state index is 0.0945. The van der Waals surface area contributed by atoms with E-state index in [4.69, 9.17) is 5.11 Å². The second-order valence-corrected chi connectivity index (χ2v) is 4.30. The van der Waals surface area contributed by atoms with Crippen molar-refractivity contribution in [2.24, 2.45) is 0 Å². The fourth-order valence-corrected chi connectivity index (χ4v) is 1.74. The number of hydrogen-bond acceptors (Lipinski definition) is 2. The first-order valence-electron chi connectivity index (χ1n) is 5.64. The molecule has 0 spiro atoms. The molecular weight excluding hydrogens is 232 g/mol. The minimum Gasteiger partial charge on any atom is -0.478 e. The number of imidazole rings is 1. The highest BCUT2D eigenvalue weighted by atomic mass is 16.4. The average molecular weight is 246 g/mol.